The molecule has 0 aliphatic heterocycles. The highest BCUT2D eigenvalue weighted by molar-refractivity contribution is 9.10. The van der Waals surface area contributed by atoms with Crippen molar-refractivity contribution in [1.29, 1.82) is 0 Å². The Morgan fingerprint density at radius 3 is 2.45 bits per heavy atom. The average Bonchev–Trinajstić information content (AvgIpc) is 2.28. The standard InChI is InChI=1S/C15H22BrNO3/c1-9(18)12-8-11(16)6-7-13(12)20-10(2)14(19)17-15(3,4)5/h6-10,18H,1-5H3,(H,17,19)/t9-,10?/m0/s1. The molecule has 1 amide bonds. The molecule has 0 saturated heterocycles. The third-order valence-corrected chi connectivity index (χ3v) is 3.09. The minimum atomic E-state index is -0.666. The van der Waals surface area contributed by atoms with Crippen molar-refractivity contribution >= 4 is 21.8 Å². The van der Waals surface area contributed by atoms with E-state index in [9.17, 15) is 9.90 Å². The maximum atomic E-state index is 12.0. The first-order valence-corrected chi connectivity index (χ1v) is 7.35. The number of carbonyl (C=O) groups is 1. The van der Waals surface area contributed by atoms with Crippen molar-refractivity contribution in [1.82, 2.24) is 5.32 Å². The van der Waals surface area contributed by atoms with E-state index in [0.717, 1.165) is 4.47 Å². The monoisotopic (exact) mass is 343 g/mol. The Morgan fingerprint density at radius 2 is 1.95 bits per heavy atom. The van der Waals surface area contributed by atoms with Crippen LogP contribution in [0.15, 0.2) is 22.7 Å². The van der Waals surface area contributed by atoms with Crippen LogP contribution in [0.5, 0.6) is 5.75 Å². The summed E-state index contributed by atoms with van der Waals surface area (Å²) in [5, 5.41) is 12.6. The molecule has 20 heavy (non-hydrogen) atoms. The second-order valence-corrected chi connectivity index (χ2v) is 6.77. The number of hydrogen-bond donors (Lipinski definition) is 2. The van der Waals surface area contributed by atoms with Crippen molar-refractivity contribution in [3.8, 4) is 5.75 Å². The Hall–Kier alpha value is -1.07. The minimum Gasteiger partial charge on any atom is -0.481 e. The summed E-state index contributed by atoms with van der Waals surface area (Å²) in [4.78, 5) is 12.0. The third kappa shape index (κ3) is 5.13. The van der Waals surface area contributed by atoms with Crippen LogP contribution >= 0.6 is 15.9 Å². The molecule has 1 rings (SSSR count). The summed E-state index contributed by atoms with van der Waals surface area (Å²) >= 11 is 3.35. The topological polar surface area (TPSA) is 58.6 Å². The van der Waals surface area contributed by atoms with Crippen LogP contribution in [0, 0.1) is 0 Å². The zero-order valence-electron chi connectivity index (χ0n) is 12.5. The molecule has 0 radical (unpaired) electrons. The maximum absolute atomic E-state index is 12.0. The van der Waals surface area contributed by atoms with Gasteiger partial charge < -0.3 is 15.2 Å². The SMILES string of the molecule is CC(Oc1ccc(Br)cc1[C@H](C)O)C(=O)NC(C)(C)C. The van der Waals surface area contributed by atoms with E-state index in [0.29, 0.717) is 11.3 Å². The molecule has 0 bridgehead atoms. The number of nitrogens with one attached hydrogen (secondary N) is 1. The molecular formula is C15H22BrNO3. The molecule has 0 fully saturated rings. The number of halogens is 1. The van der Waals surface area contributed by atoms with Gasteiger partial charge in [-0.15, -0.1) is 0 Å². The van der Waals surface area contributed by atoms with Crippen LogP contribution < -0.4 is 10.1 Å². The third-order valence-electron chi connectivity index (χ3n) is 2.59. The number of amides is 1. The van der Waals surface area contributed by atoms with Gasteiger partial charge in [-0.05, 0) is 52.8 Å². The van der Waals surface area contributed by atoms with Crippen LogP contribution in [0.1, 0.15) is 46.3 Å². The summed E-state index contributed by atoms with van der Waals surface area (Å²) in [5.41, 5.74) is 0.344. The van der Waals surface area contributed by atoms with E-state index >= 15 is 0 Å². The fraction of sp³-hybridized carbons (Fsp3) is 0.533. The van der Waals surface area contributed by atoms with Gasteiger partial charge in [0.1, 0.15) is 5.75 Å². The highest BCUT2D eigenvalue weighted by atomic mass is 79.9. The first-order chi connectivity index (χ1) is 9.10. The lowest BCUT2D eigenvalue weighted by Crippen LogP contribution is -2.46. The average molecular weight is 344 g/mol. The highest BCUT2D eigenvalue weighted by Crippen LogP contribution is 2.29. The molecule has 112 valence electrons. The van der Waals surface area contributed by atoms with Gasteiger partial charge in [0.15, 0.2) is 6.10 Å². The van der Waals surface area contributed by atoms with Crippen LogP contribution in [-0.4, -0.2) is 22.7 Å². The van der Waals surface area contributed by atoms with E-state index in [1.807, 2.05) is 26.8 Å². The fourth-order valence-electron chi connectivity index (χ4n) is 1.67. The lowest BCUT2D eigenvalue weighted by atomic mass is 10.1. The Balaban J connectivity index is 2.85. The summed E-state index contributed by atoms with van der Waals surface area (Å²) in [5.74, 6) is 0.330. The smallest absolute Gasteiger partial charge is 0.261 e. The predicted octanol–water partition coefficient (Wildman–Crippen LogP) is 3.18. The van der Waals surface area contributed by atoms with Crippen molar-refractivity contribution in [3.05, 3.63) is 28.2 Å². The summed E-state index contributed by atoms with van der Waals surface area (Å²) in [6, 6.07) is 5.34. The number of carbonyl (C=O) groups excluding carboxylic acids is 1. The zero-order valence-corrected chi connectivity index (χ0v) is 14.1. The van der Waals surface area contributed by atoms with Gasteiger partial charge in [-0.1, -0.05) is 15.9 Å². The van der Waals surface area contributed by atoms with E-state index in [1.54, 1.807) is 26.0 Å². The molecule has 0 aliphatic carbocycles. The Bertz CT molecular complexity index is 480. The van der Waals surface area contributed by atoms with Crippen LogP contribution in [0.3, 0.4) is 0 Å². The van der Waals surface area contributed by atoms with Gasteiger partial charge in [0, 0.05) is 15.6 Å². The number of ether oxygens (including phenoxy) is 1. The fourth-order valence-corrected chi connectivity index (χ4v) is 2.05. The minimum absolute atomic E-state index is 0.183. The molecule has 1 aromatic rings. The molecule has 1 unspecified atom stereocenters. The van der Waals surface area contributed by atoms with E-state index in [-0.39, 0.29) is 11.4 Å². The molecule has 5 heteroatoms. The lowest BCUT2D eigenvalue weighted by molar-refractivity contribution is -0.128. The molecule has 2 N–H and O–H groups in total. The van der Waals surface area contributed by atoms with Crippen molar-refractivity contribution < 1.29 is 14.6 Å². The molecule has 2 atom stereocenters. The normalized spacial score (nSPS) is 14.6. The van der Waals surface area contributed by atoms with Crippen LogP contribution in [0.25, 0.3) is 0 Å². The van der Waals surface area contributed by atoms with E-state index in [4.69, 9.17) is 4.74 Å². The first-order valence-electron chi connectivity index (χ1n) is 6.56. The van der Waals surface area contributed by atoms with Crippen LogP contribution in [-0.2, 0) is 4.79 Å². The van der Waals surface area contributed by atoms with Gasteiger partial charge in [0.25, 0.3) is 5.91 Å². The molecule has 0 aliphatic rings. The second kappa shape index (κ2) is 6.59. The van der Waals surface area contributed by atoms with Gasteiger partial charge in [0.05, 0.1) is 6.10 Å². The van der Waals surface area contributed by atoms with E-state index in [2.05, 4.69) is 21.2 Å². The van der Waals surface area contributed by atoms with Crippen molar-refractivity contribution in [2.75, 3.05) is 0 Å². The maximum Gasteiger partial charge on any atom is 0.261 e. The number of aliphatic hydroxyl groups is 1. The molecule has 0 heterocycles. The van der Waals surface area contributed by atoms with Crippen molar-refractivity contribution in [3.63, 3.8) is 0 Å². The second-order valence-electron chi connectivity index (χ2n) is 5.86. The molecular weight excluding hydrogens is 322 g/mol. The lowest BCUT2D eigenvalue weighted by Gasteiger charge is -2.24. The Kier molecular flexibility index (Phi) is 5.59. The van der Waals surface area contributed by atoms with E-state index in [1.165, 1.54) is 0 Å². The predicted molar refractivity (Wildman–Crippen MR) is 82.8 cm³/mol. The molecule has 4 nitrogen and oxygen atoms in total. The number of hydrogen-bond acceptors (Lipinski definition) is 3. The summed E-state index contributed by atoms with van der Waals surface area (Å²) < 4.78 is 6.53. The summed E-state index contributed by atoms with van der Waals surface area (Å²) in [6.45, 7) is 9.10. The zero-order chi connectivity index (χ0) is 15.5. The molecule has 0 aromatic heterocycles. The summed E-state index contributed by atoms with van der Waals surface area (Å²) in [7, 11) is 0. The highest BCUT2D eigenvalue weighted by Gasteiger charge is 2.22. The molecule has 0 spiro atoms. The van der Waals surface area contributed by atoms with E-state index < -0.39 is 12.2 Å². The van der Waals surface area contributed by atoms with Crippen molar-refractivity contribution in [2.24, 2.45) is 0 Å². The number of benzene rings is 1. The quantitative estimate of drug-likeness (QED) is 0.882. The Labute approximate surface area is 128 Å². The Morgan fingerprint density at radius 1 is 1.35 bits per heavy atom. The van der Waals surface area contributed by atoms with Gasteiger partial charge in [-0.2, -0.15) is 0 Å². The molecule has 0 saturated carbocycles. The number of rotatable bonds is 4. The van der Waals surface area contributed by atoms with Gasteiger partial charge in [-0.25, -0.2) is 0 Å². The number of aliphatic hydroxyl groups excluding tert-OH is 1. The molecule has 1 aromatic carbocycles. The van der Waals surface area contributed by atoms with Gasteiger partial charge in [0.2, 0.25) is 0 Å². The van der Waals surface area contributed by atoms with Crippen LogP contribution in [0.4, 0.5) is 0 Å². The first kappa shape index (κ1) is 17.0. The van der Waals surface area contributed by atoms with Crippen molar-refractivity contribution in [2.45, 2.75) is 52.4 Å². The summed E-state index contributed by atoms with van der Waals surface area (Å²) in [6.07, 6.45) is -1.30. The largest absolute Gasteiger partial charge is 0.481 e. The van der Waals surface area contributed by atoms with Gasteiger partial charge in [-0.3, -0.25) is 4.79 Å². The van der Waals surface area contributed by atoms with Crippen LogP contribution in [0.2, 0.25) is 0 Å². The van der Waals surface area contributed by atoms with Gasteiger partial charge >= 0.3 is 0 Å².